The van der Waals surface area contributed by atoms with Crippen molar-refractivity contribution in [3.63, 3.8) is 0 Å². The van der Waals surface area contributed by atoms with E-state index < -0.39 is 6.10 Å². The standard InChI is InChI=1S/C28H32N2O/c1-6-20-9-8-10-21(7-2)28(20)26-15-24-25(19(5)31)17-30(27(24)16-29-26)23-13-11-22(12-14-23)18(3)4/h8-19,31H,6-7H2,1-5H3. The van der Waals surface area contributed by atoms with Gasteiger partial charge in [-0.2, -0.15) is 0 Å². The molecule has 3 heteroatoms. The largest absolute Gasteiger partial charge is 0.389 e. The number of pyridine rings is 1. The van der Waals surface area contributed by atoms with Gasteiger partial charge >= 0.3 is 0 Å². The third kappa shape index (κ3) is 3.90. The van der Waals surface area contributed by atoms with Crippen molar-refractivity contribution in [2.45, 2.75) is 59.5 Å². The van der Waals surface area contributed by atoms with E-state index in [4.69, 9.17) is 4.98 Å². The van der Waals surface area contributed by atoms with Crippen molar-refractivity contribution in [3.05, 3.63) is 83.2 Å². The summed E-state index contributed by atoms with van der Waals surface area (Å²) in [5, 5.41) is 11.6. The first-order chi connectivity index (χ1) is 14.9. The third-order valence-corrected chi connectivity index (χ3v) is 6.26. The second-order valence-electron chi connectivity index (χ2n) is 8.62. The number of aryl methyl sites for hydroxylation is 2. The van der Waals surface area contributed by atoms with Gasteiger partial charge in [0.15, 0.2) is 0 Å². The van der Waals surface area contributed by atoms with E-state index in [9.17, 15) is 5.11 Å². The van der Waals surface area contributed by atoms with Crippen LogP contribution >= 0.6 is 0 Å². The van der Waals surface area contributed by atoms with Gasteiger partial charge in [-0.15, -0.1) is 0 Å². The van der Waals surface area contributed by atoms with Gasteiger partial charge in [0.25, 0.3) is 0 Å². The SMILES string of the molecule is CCc1cccc(CC)c1-c1cc2c(C(C)O)cn(-c3ccc(C(C)C)cc3)c2cn1. The quantitative estimate of drug-likeness (QED) is 0.370. The minimum absolute atomic E-state index is 0.499. The molecule has 2 aromatic heterocycles. The maximum Gasteiger partial charge on any atom is 0.0782 e. The van der Waals surface area contributed by atoms with Crippen LogP contribution in [0.25, 0.3) is 27.8 Å². The highest BCUT2D eigenvalue weighted by atomic mass is 16.3. The van der Waals surface area contributed by atoms with E-state index in [0.717, 1.165) is 40.7 Å². The van der Waals surface area contributed by atoms with Crippen LogP contribution in [0.15, 0.2) is 60.9 Å². The Morgan fingerprint density at radius 1 is 0.935 bits per heavy atom. The van der Waals surface area contributed by atoms with E-state index in [2.05, 4.69) is 87.0 Å². The van der Waals surface area contributed by atoms with Crippen LogP contribution in [0.1, 0.15) is 68.9 Å². The molecule has 0 fully saturated rings. The molecule has 160 valence electrons. The van der Waals surface area contributed by atoms with Gasteiger partial charge in [0, 0.05) is 28.4 Å². The van der Waals surface area contributed by atoms with Crippen molar-refractivity contribution in [2.24, 2.45) is 0 Å². The van der Waals surface area contributed by atoms with Gasteiger partial charge in [-0.3, -0.25) is 4.98 Å². The molecule has 1 N–H and O–H groups in total. The molecule has 2 aromatic carbocycles. The first-order valence-electron chi connectivity index (χ1n) is 11.3. The van der Waals surface area contributed by atoms with Crippen molar-refractivity contribution >= 4 is 10.9 Å². The van der Waals surface area contributed by atoms with Crippen LogP contribution < -0.4 is 0 Å². The Balaban J connectivity index is 1.91. The van der Waals surface area contributed by atoms with Crippen molar-refractivity contribution in [1.82, 2.24) is 9.55 Å². The highest BCUT2D eigenvalue weighted by molar-refractivity contribution is 5.89. The molecule has 0 aliphatic heterocycles. The Bertz CT molecular complexity index is 1180. The number of aliphatic hydroxyl groups excluding tert-OH is 1. The Kier molecular flexibility index (Phi) is 5.97. The molecule has 0 saturated carbocycles. The monoisotopic (exact) mass is 412 g/mol. The average Bonchev–Trinajstić information content (AvgIpc) is 3.17. The predicted octanol–water partition coefficient (Wildman–Crippen LogP) is 6.99. The number of benzene rings is 2. The van der Waals surface area contributed by atoms with Crippen LogP contribution in [0.2, 0.25) is 0 Å². The summed E-state index contributed by atoms with van der Waals surface area (Å²) in [5.74, 6) is 0.499. The summed E-state index contributed by atoms with van der Waals surface area (Å²) >= 11 is 0. The minimum Gasteiger partial charge on any atom is -0.389 e. The molecule has 2 heterocycles. The maximum absolute atomic E-state index is 10.5. The molecule has 0 bridgehead atoms. The number of fused-ring (bicyclic) bond motifs is 1. The van der Waals surface area contributed by atoms with E-state index in [1.54, 1.807) is 0 Å². The molecule has 0 amide bonds. The molecular weight excluding hydrogens is 380 g/mol. The molecule has 0 aliphatic rings. The predicted molar refractivity (Wildman–Crippen MR) is 130 cm³/mol. The summed E-state index contributed by atoms with van der Waals surface area (Å²) in [6.07, 6.45) is 5.39. The van der Waals surface area contributed by atoms with Gasteiger partial charge in [-0.25, -0.2) is 0 Å². The van der Waals surface area contributed by atoms with Gasteiger partial charge in [-0.1, -0.05) is 58.0 Å². The van der Waals surface area contributed by atoms with Gasteiger partial charge in [0.1, 0.15) is 0 Å². The highest BCUT2D eigenvalue weighted by Gasteiger charge is 2.17. The molecule has 4 aromatic rings. The number of aliphatic hydroxyl groups is 1. The van der Waals surface area contributed by atoms with Gasteiger partial charge in [0.2, 0.25) is 0 Å². The second kappa shape index (κ2) is 8.68. The fraction of sp³-hybridized carbons (Fsp3) is 0.321. The zero-order chi connectivity index (χ0) is 22.1. The van der Waals surface area contributed by atoms with E-state index in [1.807, 2.05) is 13.1 Å². The first-order valence-corrected chi connectivity index (χ1v) is 11.3. The molecular formula is C28H32N2O. The third-order valence-electron chi connectivity index (χ3n) is 6.26. The molecule has 31 heavy (non-hydrogen) atoms. The summed E-state index contributed by atoms with van der Waals surface area (Å²) < 4.78 is 2.14. The lowest BCUT2D eigenvalue weighted by Crippen LogP contribution is -1.97. The lowest BCUT2D eigenvalue weighted by atomic mass is 9.94. The molecule has 1 unspecified atom stereocenters. The van der Waals surface area contributed by atoms with Crippen molar-refractivity contribution in [3.8, 4) is 16.9 Å². The van der Waals surface area contributed by atoms with Gasteiger partial charge in [0.05, 0.1) is 23.5 Å². The van der Waals surface area contributed by atoms with Gasteiger partial charge < -0.3 is 9.67 Å². The fourth-order valence-electron chi connectivity index (χ4n) is 4.42. The number of aromatic nitrogens is 2. The Morgan fingerprint density at radius 2 is 1.58 bits per heavy atom. The van der Waals surface area contributed by atoms with E-state index in [1.165, 1.54) is 22.3 Å². The van der Waals surface area contributed by atoms with Crippen molar-refractivity contribution in [1.29, 1.82) is 0 Å². The minimum atomic E-state index is -0.555. The lowest BCUT2D eigenvalue weighted by Gasteiger charge is -2.13. The number of nitrogens with zero attached hydrogens (tertiary/aromatic N) is 2. The molecule has 1 atom stereocenters. The van der Waals surface area contributed by atoms with E-state index in [0.29, 0.717) is 5.92 Å². The molecule has 3 nitrogen and oxygen atoms in total. The molecule has 0 aliphatic carbocycles. The normalized spacial score (nSPS) is 12.6. The number of hydrogen-bond donors (Lipinski definition) is 1. The van der Waals surface area contributed by atoms with Crippen LogP contribution in [0, 0.1) is 0 Å². The van der Waals surface area contributed by atoms with Crippen LogP contribution in [0.3, 0.4) is 0 Å². The first kappa shape index (κ1) is 21.3. The Morgan fingerprint density at radius 3 is 2.13 bits per heavy atom. The van der Waals surface area contributed by atoms with Crippen LogP contribution in [0.4, 0.5) is 0 Å². The Hall–Kier alpha value is -2.91. The smallest absolute Gasteiger partial charge is 0.0782 e. The van der Waals surface area contributed by atoms with Crippen LogP contribution in [-0.2, 0) is 12.8 Å². The molecule has 4 rings (SSSR count). The molecule has 0 spiro atoms. The summed E-state index contributed by atoms with van der Waals surface area (Å²) in [6, 6.07) is 17.3. The van der Waals surface area contributed by atoms with Crippen LogP contribution in [0.5, 0.6) is 0 Å². The highest BCUT2D eigenvalue weighted by Crippen LogP contribution is 2.34. The average molecular weight is 413 g/mol. The molecule has 0 saturated heterocycles. The summed E-state index contributed by atoms with van der Waals surface area (Å²) in [6.45, 7) is 10.6. The topological polar surface area (TPSA) is 38.0 Å². The molecule has 0 radical (unpaired) electrons. The second-order valence-corrected chi connectivity index (χ2v) is 8.62. The van der Waals surface area contributed by atoms with Crippen LogP contribution in [-0.4, -0.2) is 14.7 Å². The van der Waals surface area contributed by atoms with Gasteiger partial charge in [-0.05, 0) is 60.6 Å². The lowest BCUT2D eigenvalue weighted by molar-refractivity contribution is 0.201. The van der Waals surface area contributed by atoms with Crippen molar-refractivity contribution < 1.29 is 5.11 Å². The van der Waals surface area contributed by atoms with E-state index in [-0.39, 0.29) is 0 Å². The summed E-state index contributed by atoms with van der Waals surface area (Å²) in [7, 11) is 0. The van der Waals surface area contributed by atoms with Crippen molar-refractivity contribution in [2.75, 3.05) is 0 Å². The zero-order valence-corrected chi connectivity index (χ0v) is 19.2. The van der Waals surface area contributed by atoms with E-state index >= 15 is 0 Å². The maximum atomic E-state index is 10.5. The zero-order valence-electron chi connectivity index (χ0n) is 19.2. The summed E-state index contributed by atoms with van der Waals surface area (Å²) in [4.78, 5) is 4.90. The fourth-order valence-corrected chi connectivity index (χ4v) is 4.42. The Labute approximate surface area is 185 Å². The summed E-state index contributed by atoms with van der Waals surface area (Å²) in [5.41, 5.74) is 9.19. The number of hydrogen-bond acceptors (Lipinski definition) is 2. The number of rotatable bonds is 6.